The smallest absolute Gasteiger partial charge is 0.251 e. The zero-order valence-corrected chi connectivity index (χ0v) is 14.1. The number of hydrogen-bond acceptors (Lipinski definition) is 4. The van der Waals surface area contributed by atoms with Crippen LogP contribution in [-0.4, -0.2) is 19.9 Å². The van der Waals surface area contributed by atoms with Crippen molar-refractivity contribution in [3.63, 3.8) is 0 Å². The van der Waals surface area contributed by atoms with Crippen molar-refractivity contribution in [2.24, 2.45) is 0 Å². The van der Waals surface area contributed by atoms with Crippen LogP contribution in [0.1, 0.15) is 11.1 Å². The number of aromatic amines is 1. The first-order valence-electron chi connectivity index (χ1n) is 7.11. The summed E-state index contributed by atoms with van der Waals surface area (Å²) in [7, 11) is -3.42. The highest BCUT2D eigenvalue weighted by Gasteiger charge is 2.13. The van der Waals surface area contributed by atoms with E-state index in [1.54, 1.807) is 24.4 Å². The Hall–Kier alpha value is -1.96. The van der Waals surface area contributed by atoms with Gasteiger partial charge in [0.15, 0.2) is 0 Å². The van der Waals surface area contributed by atoms with Crippen molar-refractivity contribution < 1.29 is 8.42 Å². The van der Waals surface area contributed by atoms with Crippen molar-refractivity contribution in [1.82, 2.24) is 9.71 Å². The van der Waals surface area contributed by atoms with Crippen LogP contribution in [0.4, 0.5) is 0 Å². The number of sulfonamides is 1. The Labute approximate surface area is 138 Å². The molecule has 0 radical (unpaired) electrons. The summed E-state index contributed by atoms with van der Waals surface area (Å²) in [6, 6.07) is 10.9. The standard InChI is InChI=1S/C16H16N2O3S2/c1-11-9-13-10-12(4-5-14(13)18-16(11)19)6-7-17-23(20,21)15-3-2-8-22-15/h2-5,8-10,17H,6-7H2,1H3,(H,18,19). The van der Waals surface area contributed by atoms with Crippen LogP contribution in [0, 0.1) is 6.92 Å². The van der Waals surface area contributed by atoms with Crippen molar-refractivity contribution in [3.8, 4) is 0 Å². The molecule has 0 atom stereocenters. The number of thiophene rings is 1. The van der Waals surface area contributed by atoms with Gasteiger partial charge in [-0.15, -0.1) is 11.3 Å². The van der Waals surface area contributed by atoms with E-state index in [1.807, 2.05) is 24.3 Å². The number of H-pyrrole nitrogens is 1. The molecule has 0 saturated carbocycles. The second kappa shape index (κ2) is 6.27. The van der Waals surface area contributed by atoms with E-state index in [4.69, 9.17) is 0 Å². The van der Waals surface area contributed by atoms with E-state index in [0.717, 1.165) is 16.5 Å². The zero-order valence-electron chi connectivity index (χ0n) is 12.5. The molecular formula is C16H16N2O3S2. The van der Waals surface area contributed by atoms with E-state index in [2.05, 4.69) is 9.71 Å². The molecule has 2 aromatic heterocycles. The zero-order chi connectivity index (χ0) is 16.4. The van der Waals surface area contributed by atoms with Gasteiger partial charge in [-0.1, -0.05) is 12.1 Å². The van der Waals surface area contributed by atoms with Gasteiger partial charge in [0.2, 0.25) is 10.0 Å². The summed E-state index contributed by atoms with van der Waals surface area (Å²) in [4.78, 5) is 14.4. The van der Waals surface area contributed by atoms with E-state index in [9.17, 15) is 13.2 Å². The lowest BCUT2D eigenvalue weighted by Crippen LogP contribution is -2.25. The fourth-order valence-corrected chi connectivity index (χ4v) is 4.41. The predicted octanol–water partition coefficient (Wildman–Crippen LogP) is 2.42. The monoisotopic (exact) mass is 348 g/mol. The highest BCUT2D eigenvalue weighted by atomic mass is 32.2. The van der Waals surface area contributed by atoms with Crippen LogP contribution in [0.25, 0.3) is 10.9 Å². The van der Waals surface area contributed by atoms with Crippen LogP contribution < -0.4 is 10.3 Å². The lowest BCUT2D eigenvalue weighted by Gasteiger charge is -2.06. The molecular weight excluding hydrogens is 332 g/mol. The SMILES string of the molecule is Cc1cc2cc(CCNS(=O)(=O)c3cccs3)ccc2[nH]c1=O. The van der Waals surface area contributed by atoms with Gasteiger partial charge in [0, 0.05) is 17.6 Å². The molecule has 0 aliphatic carbocycles. The third-order valence-electron chi connectivity index (χ3n) is 3.56. The maximum atomic E-state index is 12.0. The minimum absolute atomic E-state index is 0.0889. The van der Waals surface area contributed by atoms with Gasteiger partial charge in [-0.3, -0.25) is 4.79 Å². The van der Waals surface area contributed by atoms with Gasteiger partial charge in [0.25, 0.3) is 5.56 Å². The number of rotatable bonds is 5. The Morgan fingerprint density at radius 3 is 2.78 bits per heavy atom. The lowest BCUT2D eigenvalue weighted by molar-refractivity contribution is 0.584. The Balaban J connectivity index is 1.72. The number of aromatic nitrogens is 1. The minimum Gasteiger partial charge on any atom is -0.322 e. The highest BCUT2D eigenvalue weighted by molar-refractivity contribution is 7.91. The van der Waals surface area contributed by atoms with Crippen LogP contribution in [-0.2, 0) is 16.4 Å². The summed E-state index contributed by atoms with van der Waals surface area (Å²) in [5, 5.41) is 2.68. The number of aryl methyl sites for hydroxylation is 1. The number of hydrogen-bond donors (Lipinski definition) is 2. The molecule has 2 N–H and O–H groups in total. The van der Waals surface area contributed by atoms with Crippen LogP contribution in [0.15, 0.2) is 50.8 Å². The van der Waals surface area contributed by atoms with E-state index >= 15 is 0 Å². The quantitative estimate of drug-likeness (QED) is 0.743. The molecule has 2 heterocycles. The largest absolute Gasteiger partial charge is 0.322 e. The fraction of sp³-hybridized carbons (Fsp3) is 0.188. The lowest BCUT2D eigenvalue weighted by atomic mass is 10.1. The van der Waals surface area contributed by atoms with Crippen molar-refractivity contribution in [1.29, 1.82) is 0 Å². The molecule has 3 rings (SSSR count). The molecule has 23 heavy (non-hydrogen) atoms. The van der Waals surface area contributed by atoms with E-state index in [-0.39, 0.29) is 5.56 Å². The van der Waals surface area contributed by atoms with Crippen molar-refractivity contribution in [2.45, 2.75) is 17.6 Å². The molecule has 7 heteroatoms. The van der Waals surface area contributed by atoms with Gasteiger partial charge < -0.3 is 4.98 Å². The van der Waals surface area contributed by atoms with Crippen molar-refractivity contribution in [3.05, 3.63) is 63.3 Å². The van der Waals surface area contributed by atoms with Crippen LogP contribution in [0.5, 0.6) is 0 Å². The van der Waals surface area contributed by atoms with Gasteiger partial charge in [-0.2, -0.15) is 0 Å². The van der Waals surface area contributed by atoms with Gasteiger partial charge in [0.1, 0.15) is 4.21 Å². The molecule has 1 aromatic carbocycles. The molecule has 0 aliphatic rings. The molecule has 0 amide bonds. The average molecular weight is 348 g/mol. The summed E-state index contributed by atoms with van der Waals surface area (Å²) in [5.74, 6) is 0. The third kappa shape index (κ3) is 3.52. The van der Waals surface area contributed by atoms with Crippen molar-refractivity contribution >= 4 is 32.3 Å². The van der Waals surface area contributed by atoms with Crippen molar-refractivity contribution in [2.75, 3.05) is 6.54 Å². The maximum Gasteiger partial charge on any atom is 0.251 e. The second-order valence-corrected chi connectivity index (χ2v) is 8.22. The summed E-state index contributed by atoms with van der Waals surface area (Å²) in [6.45, 7) is 2.09. The molecule has 0 bridgehead atoms. The minimum atomic E-state index is -3.42. The van der Waals surface area contributed by atoms with Crippen LogP contribution in [0.3, 0.4) is 0 Å². The molecule has 0 fully saturated rings. The van der Waals surface area contributed by atoms with E-state index < -0.39 is 10.0 Å². The Bertz CT molecular complexity index is 990. The average Bonchev–Trinajstić information content (AvgIpc) is 3.04. The number of nitrogens with one attached hydrogen (secondary N) is 2. The molecule has 120 valence electrons. The van der Waals surface area contributed by atoms with Gasteiger partial charge in [-0.25, -0.2) is 13.1 Å². The van der Waals surface area contributed by atoms with Crippen LogP contribution >= 0.6 is 11.3 Å². The maximum absolute atomic E-state index is 12.0. The fourth-order valence-electron chi connectivity index (χ4n) is 2.34. The molecule has 0 aliphatic heterocycles. The predicted molar refractivity (Wildman–Crippen MR) is 92.5 cm³/mol. The first-order chi connectivity index (χ1) is 11.0. The first-order valence-corrected chi connectivity index (χ1v) is 9.48. The summed E-state index contributed by atoms with van der Waals surface area (Å²) in [5.41, 5.74) is 2.36. The van der Waals surface area contributed by atoms with Crippen LogP contribution in [0.2, 0.25) is 0 Å². The van der Waals surface area contributed by atoms with E-state index in [0.29, 0.717) is 22.7 Å². The number of fused-ring (bicyclic) bond motifs is 1. The Morgan fingerprint density at radius 1 is 1.22 bits per heavy atom. The summed E-state index contributed by atoms with van der Waals surface area (Å²) < 4.78 is 27.0. The molecule has 0 saturated heterocycles. The number of pyridine rings is 1. The Kier molecular flexibility index (Phi) is 4.34. The first kappa shape index (κ1) is 15.9. The summed E-state index contributed by atoms with van der Waals surface area (Å²) >= 11 is 1.20. The highest BCUT2D eigenvalue weighted by Crippen LogP contribution is 2.16. The number of benzene rings is 1. The topological polar surface area (TPSA) is 79.0 Å². The molecule has 5 nitrogen and oxygen atoms in total. The third-order valence-corrected chi connectivity index (χ3v) is 6.42. The normalized spacial score (nSPS) is 11.9. The molecule has 0 unspecified atom stereocenters. The second-order valence-electron chi connectivity index (χ2n) is 5.28. The summed E-state index contributed by atoms with van der Waals surface area (Å²) in [6.07, 6.45) is 0.582. The molecule has 0 spiro atoms. The Morgan fingerprint density at radius 2 is 2.04 bits per heavy atom. The molecule has 3 aromatic rings. The van der Waals surface area contributed by atoms with Gasteiger partial charge in [-0.05, 0) is 53.9 Å². The van der Waals surface area contributed by atoms with E-state index in [1.165, 1.54) is 11.3 Å². The van der Waals surface area contributed by atoms with Gasteiger partial charge in [0.05, 0.1) is 0 Å². The van der Waals surface area contributed by atoms with Gasteiger partial charge >= 0.3 is 0 Å².